The first-order chi connectivity index (χ1) is 24.5. The molecule has 0 atom stereocenters. The molecule has 0 amide bonds. The minimum atomic E-state index is -0.109. The smallest absolute Gasteiger partial charge is 0.164 e. The van der Waals surface area contributed by atoms with Crippen molar-refractivity contribution < 1.29 is 0 Å². The number of aromatic nitrogens is 4. The zero-order valence-corrected chi connectivity index (χ0v) is 27.8. The Hall–Kier alpha value is -6.39. The predicted molar refractivity (Wildman–Crippen MR) is 206 cm³/mol. The number of hydrogen-bond donors (Lipinski definition) is 0. The van der Waals surface area contributed by atoms with Gasteiger partial charge in [0.2, 0.25) is 0 Å². The minimum Gasteiger partial charge on any atom is -0.309 e. The van der Waals surface area contributed by atoms with Gasteiger partial charge in [0.15, 0.2) is 17.5 Å². The van der Waals surface area contributed by atoms with Gasteiger partial charge in [-0.3, -0.25) is 0 Å². The van der Waals surface area contributed by atoms with E-state index < -0.39 is 0 Å². The third-order valence-electron chi connectivity index (χ3n) is 10.4. The molecule has 9 aromatic rings. The van der Waals surface area contributed by atoms with E-state index in [1.807, 2.05) is 30.3 Å². The molecule has 236 valence electrons. The van der Waals surface area contributed by atoms with Crippen LogP contribution in [0.2, 0.25) is 0 Å². The predicted octanol–water partition coefficient (Wildman–Crippen LogP) is 11.4. The molecule has 0 unspecified atom stereocenters. The van der Waals surface area contributed by atoms with Crippen molar-refractivity contribution in [2.75, 3.05) is 0 Å². The number of rotatable bonds is 4. The third-order valence-corrected chi connectivity index (χ3v) is 10.4. The highest BCUT2D eigenvalue weighted by molar-refractivity contribution is 6.14. The fourth-order valence-electron chi connectivity index (χ4n) is 8.05. The Balaban J connectivity index is 1.12. The Kier molecular flexibility index (Phi) is 6.19. The quantitative estimate of drug-likeness (QED) is 0.192. The summed E-state index contributed by atoms with van der Waals surface area (Å²) in [7, 11) is 0. The summed E-state index contributed by atoms with van der Waals surface area (Å²) in [5, 5.41) is 4.94. The maximum atomic E-state index is 5.04. The topological polar surface area (TPSA) is 43.6 Å². The first-order valence-electron chi connectivity index (χ1n) is 17.1. The van der Waals surface area contributed by atoms with Gasteiger partial charge in [0.05, 0.1) is 11.0 Å². The average molecular weight is 641 g/mol. The minimum absolute atomic E-state index is 0.109. The largest absolute Gasteiger partial charge is 0.309 e. The standard InChI is InChI=1S/C46H32N4/c1-46(2)38-18-10-8-16-35(38)36-26-27-40-41(42(36)46)37-17-9-11-19-39(37)50(40)34-24-22-31(23-25-34)44-47-43(30-13-4-3-5-14-30)48-45(49-44)33-21-20-29-12-6-7-15-32(29)28-33/h3-28H,1-2H3. The maximum absolute atomic E-state index is 5.04. The van der Waals surface area contributed by atoms with Crippen LogP contribution in [0.5, 0.6) is 0 Å². The lowest BCUT2D eigenvalue weighted by molar-refractivity contribution is 0.666. The fraction of sp³-hybridized carbons (Fsp3) is 0.0652. The number of para-hydroxylation sites is 1. The molecule has 0 fully saturated rings. The molecule has 7 aromatic carbocycles. The lowest BCUT2D eigenvalue weighted by Gasteiger charge is -2.22. The SMILES string of the molecule is CC1(C)c2ccccc2-c2ccc3c(c21)c1ccccc1n3-c1ccc(-c2nc(-c3ccccc3)nc(-c3ccc4ccccc4c3)n2)cc1. The van der Waals surface area contributed by atoms with Crippen LogP contribution < -0.4 is 0 Å². The molecule has 0 saturated heterocycles. The van der Waals surface area contributed by atoms with Crippen molar-refractivity contribution in [3.63, 3.8) is 0 Å². The van der Waals surface area contributed by atoms with Crippen LogP contribution in [0.4, 0.5) is 0 Å². The number of hydrogen-bond acceptors (Lipinski definition) is 3. The van der Waals surface area contributed by atoms with Crippen LogP contribution in [0.15, 0.2) is 158 Å². The zero-order valence-electron chi connectivity index (χ0n) is 27.8. The van der Waals surface area contributed by atoms with Gasteiger partial charge >= 0.3 is 0 Å². The van der Waals surface area contributed by atoms with Crippen molar-refractivity contribution in [1.29, 1.82) is 0 Å². The molecule has 2 aromatic heterocycles. The highest BCUT2D eigenvalue weighted by atomic mass is 15.0. The molecule has 50 heavy (non-hydrogen) atoms. The molecule has 0 saturated carbocycles. The first kappa shape index (κ1) is 28.6. The van der Waals surface area contributed by atoms with Crippen LogP contribution in [0, 0.1) is 0 Å². The Morgan fingerprint density at radius 3 is 1.88 bits per heavy atom. The molecule has 0 N–H and O–H groups in total. The van der Waals surface area contributed by atoms with Gasteiger partial charge in [-0.05, 0) is 75.5 Å². The van der Waals surface area contributed by atoms with Gasteiger partial charge in [0.25, 0.3) is 0 Å². The second-order valence-electron chi connectivity index (χ2n) is 13.7. The number of nitrogens with zero attached hydrogens (tertiary/aromatic N) is 4. The summed E-state index contributed by atoms with van der Waals surface area (Å²) in [5.41, 5.74) is 11.7. The van der Waals surface area contributed by atoms with E-state index in [2.05, 4.69) is 146 Å². The molecular weight excluding hydrogens is 609 g/mol. The lowest BCUT2D eigenvalue weighted by atomic mass is 9.80. The van der Waals surface area contributed by atoms with Crippen LogP contribution in [0.1, 0.15) is 25.0 Å². The van der Waals surface area contributed by atoms with E-state index in [9.17, 15) is 0 Å². The van der Waals surface area contributed by atoms with Crippen LogP contribution >= 0.6 is 0 Å². The van der Waals surface area contributed by atoms with Crippen molar-refractivity contribution in [2.45, 2.75) is 19.3 Å². The third kappa shape index (κ3) is 4.28. The van der Waals surface area contributed by atoms with Crippen LogP contribution in [-0.4, -0.2) is 19.5 Å². The van der Waals surface area contributed by atoms with E-state index in [-0.39, 0.29) is 5.41 Å². The molecule has 0 aliphatic heterocycles. The van der Waals surface area contributed by atoms with Gasteiger partial charge in [-0.25, -0.2) is 15.0 Å². The second-order valence-corrected chi connectivity index (χ2v) is 13.7. The lowest BCUT2D eigenvalue weighted by Crippen LogP contribution is -2.15. The molecule has 0 spiro atoms. The average Bonchev–Trinajstić information content (AvgIpc) is 3.63. The summed E-state index contributed by atoms with van der Waals surface area (Å²) >= 11 is 0. The Bertz CT molecular complexity index is 2770. The molecule has 10 rings (SSSR count). The highest BCUT2D eigenvalue weighted by Crippen LogP contribution is 2.53. The maximum Gasteiger partial charge on any atom is 0.164 e. The molecule has 0 radical (unpaired) electrons. The summed E-state index contributed by atoms with van der Waals surface area (Å²) in [5.74, 6) is 1.96. The Morgan fingerprint density at radius 1 is 0.460 bits per heavy atom. The van der Waals surface area contributed by atoms with E-state index in [1.165, 1.54) is 49.4 Å². The van der Waals surface area contributed by atoms with Crippen molar-refractivity contribution in [1.82, 2.24) is 19.5 Å². The summed E-state index contributed by atoms with van der Waals surface area (Å²) in [6.45, 7) is 4.73. The molecule has 1 aliphatic carbocycles. The number of fused-ring (bicyclic) bond motifs is 8. The second kappa shape index (κ2) is 10.8. The zero-order chi connectivity index (χ0) is 33.4. The van der Waals surface area contributed by atoms with Crippen molar-refractivity contribution in [2.24, 2.45) is 0 Å². The van der Waals surface area contributed by atoms with E-state index in [1.54, 1.807) is 0 Å². The molecule has 0 bridgehead atoms. The molecule has 1 aliphatic rings. The summed E-state index contributed by atoms with van der Waals surface area (Å²) < 4.78 is 2.40. The van der Waals surface area contributed by atoms with Crippen LogP contribution in [0.3, 0.4) is 0 Å². The van der Waals surface area contributed by atoms with Crippen molar-refractivity contribution in [3.05, 3.63) is 169 Å². The van der Waals surface area contributed by atoms with Crippen LogP contribution in [-0.2, 0) is 5.41 Å². The van der Waals surface area contributed by atoms with Gasteiger partial charge in [-0.15, -0.1) is 0 Å². The summed E-state index contributed by atoms with van der Waals surface area (Å²) in [4.78, 5) is 15.0. The molecule has 2 heterocycles. The van der Waals surface area contributed by atoms with E-state index in [0.29, 0.717) is 17.5 Å². The highest BCUT2D eigenvalue weighted by Gasteiger charge is 2.38. The molecule has 4 nitrogen and oxygen atoms in total. The summed E-state index contributed by atoms with van der Waals surface area (Å²) in [6.07, 6.45) is 0. The van der Waals surface area contributed by atoms with Gasteiger partial charge in [-0.2, -0.15) is 0 Å². The monoisotopic (exact) mass is 640 g/mol. The van der Waals surface area contributed by atoms with Gasteiger partial charge < -0.3 is 4.57 Å². The van der Waals surface area contributed by atoms with Crippen LogP contribution in [0.25, 0.3) is 83.6 Å². The van der Waals surface area contributed by atoms with Gasteiger partial charge in [-0.1, -0.05) is 129 Å². The Labute approximate surface area is 290 Å². The fourth-order valence-corrected chi connectivity index (χ4v) is 8.05. The van der Waals surface area contributed by atoms with E-state index in [0.717, 1.165) is 27.8 Å². The molecular formula is C46H32N4. The number of benzene rings is 7. The first-order valence-corrected chi connectivity index (χ1v) is 17.1. The molecule has 4 heteroatoms. The summed E-state index contributed by atoms with van der Waals surface area (Å²) in [6, 6.07) is 55.8. The van der Waals surface area contributed by atoms with E-state index in [4.69, 9.17) is 15.0 Å². The normalized spacial score (nSPS) is 13.2. The van der Waals surface area contributed by atoms with E-state index >= 15 is 0 Å². The van der Waals surface area contributed by atoms with Gasteiger partial charge in [0.1, 0.15) is 0 Å². The van der Waals surface area contributed by atoms with Crippen molar-refractivity contribution in [3.8, 4) is 51.0 Å². The van der Waals surface area contributed by atoms with Crippen molar-refractivity contribution >= 4 is 32.6 Å². The van der Waals surface area contributed by atoms with Gasteiger partial charge in [0, 0.05) is 38.6 Å². The Morgan fingerprint density at radius 2 is 1.08 bits per heavy atom.